The van der Waals surface area contributed by atoms with Crippen LogP contribution < -0.4 is 0 Å². The van der Waals surface area contributed by atoms with Crippen LogP contribution in [0.4, 0.5) is 0 Å². The molecule has 10 aromatic carbocycles. The Labute approximate surface area is 418 Å². The lowest BCUT2D eigenvalue weighted by Crippen LogP contribution is -2.19. The second-order valence-electron chi connectivity index (χ2n) is 25.1. The van der Waals surface area contributed by atoms with Gasteiger partial charge < -0.3 is 0 Å². The third kappa shape index (κ3) is 6.77. The second-order valence-corrected chi connectivity index (χ2v) is 25.1. The van der Waals surface area contributed by atoms with Crippen molar-refractivity contribution in [1.82, 2.24) is 0 Å². The molecule has 0 saturated carbocycles. The molecule has 348 valence electrons. The summed E-state index contributed by atoms with van der Waals surface area (Å²) in [6.07, 6.45) is 0. The zero-order valence-corrected chi connectivity index (χ0v) is 43.6. The Kier molecular flexibility index (Phi) is 9.45. The minimum Gasteiger partial charge on any atom is -0.0579 e. The highest BCUT2D eigenvalue weighted by Gasteiger charge is 2.40. The van der Waals surface area contributed by atoms with E-state index in [-0.39, 0.29) is 28.5 Å². The summed E-state index contributed by atoms with van der Waals surface area (Å²) in [4.78, 5) is 0. The van der Waals surface area contributed by atoms with Crippen LogP contribution in [0, 0.1) is 0 Å². The maximum Gasteiger partial charge on any atom is 0.0159 e. The minimum absolute atomic E-state index is 0. The monoisotopic (exact) mass is 909 g/mol. The topological polar surface area (TPSA) is 0 Å². The van der Waals surface area contributed by atoms with Crippen molar-refractivity contribution in [2.24, 2.45) is 0 Å². The van der Waals surface area contributed by atoms with Gasteiger partial charge in [-0.25, -0.2) is 0 Å². The van der Waals surface area contributed by atoms with Crippen LogP contribution in [-0.4, -0.2) is 0 Å². The lowest BCUT2D eigenvalue weighted by atomic mass is 9.76. The summed E-state index contributed by atoms with van der Waals surface area (Å²) in [5.41, 5.74) is 25.4. The Balaban J connectivity index is 0.00000547. The van der Waals surface area contributed by atoms with Crippen LogP contribution in [0.1, 0.15) is 130 Å². The van der Waals surface area contributed by atoms with E-state index in [4.69, 9.17) is 0 Å². The smallest absolute Gasteiger partial charge is 0.0159 e. The van der Waals surface area contributed by atoms with Crippen LogP contribution in [0.15, 0.2) is 164 Å². The molecule has 0 aliphatic heterocycles. The summed E-state index contributed by atoms with van der Waals surface area (Å²) in [6, 6.07) is 63.9. The van der Waals surface area contributed by atoms with Crippen molar-refractivity contribution in [3.05, 3.63) is 203 Å². The van der Waals surface area contributed by atoms with Gasteiger partial charge >= 0.3 is 0 Å². The summed E-state index contributed by atoms with van der Waals surface area (Å²) in [5.74, 6) is 0. The number of benzene rings is 10. The molecule has 0 radical (unpaired) electrons. The molecule has 12 rings (SSSR count). The maximum atomic E-state index is 2.50. The molecule has 0 unspecified atom stereocenters. The Morgan fingerprint density at radius 3 is 1.24 bits per heavy atom. The standard InChI is InChI=1S/C70H66.H2/c1-66(2,3)50-28-33-57-61(39-50)70(12,13)62-40-52(68(7,8)9)38-58(65(57)62)44-20-16-42(17-21-44)47-26-31-55-54-30-25-46(36-59(54)69(10,11)60(55)37-47)41-14-18-43(19-15-41)53-29-24-45-22-23-48-34-51(67(4,5)6)35-49-27-32-56(53)64(45)63(48)49;/h14-40H,1-13H3;1H. The fourth-order valence-corrected chi connectivity index (χ4v) is 12.3. The molecule has 0 aromatic heterocycles. The molecule has 0 heterocycles. The first-order valence-electron chi connectivity index (χ1n) is 25.6. The predicted molar refractivity (Wildman–Crippen MR) is 305 cm³/mol. The van der Waals surface area contributed by atoms with E-state index in [2.05, 4.69) is 254 Å². The van der Waals surface area contributed by atoms with Crippen LogP contribution in [0.3, 0.4) is 0 Å². The molecule has 0 atom stereocenters. The van der Waals surface area contributed by atoms with Crippen molar-refractivity contribution < 1.29 is 1.43 Å². The van der Waals surface area contributed by atoms with Gasteiger partial charge in [0.2, 0.25) is 0 Å². The predicted octanol–water partition coefficient (Wildman–Crippen LogP) is 20.0. The molecule has 2 aliphatic rings. The summed E-state index contributed by atoms with van der Waals surface area (Å²) < 4.78 is 0. The normalized spacial score (nSPS) is 14.9. The summed E-state index contributed by atoms with van der Waals surface area (Å²) >= 11 is 0. The van der Waals surface area contributed by atoms with Gasteiger partial charge in [-0.1, -0.05) is 236 Å². The summed E-state index contributed by atoms with van der Waals surface area (Å²) in [6.45, 7) is 30.6. The van der Waals surface area contributed by atoms with Crippen molar-refractivity contribution in [3.8, 4) is 66.8 Å². The van der Waals surface area contributed by atoms with E-state index in [0.29, 0.717) is 0 Å². The quantitative estimate of drug-likeness (QED) is 0.154. The average Bonchev–Trinajstić information content (AvgIpc) is 3.70. The number of rotatable bonds is 4. The van der Waals surface area contributed by atoms with E-state index < -0.39 is 0 Å². The largest absolute Gasteiger partial charge is 0.0579 e. The third-order valence-corrected chi connectivity index (χ3v) is 16.7. The highest BCUT2D eigenvalue weighted by Crippen LogP contribution is 2.55. The lowest BCUT2D eigenvalue weighted by molar-refractivity contribution is 0.580. The first-order chi connectivity index (χ1) is 33.1. The van der Waals surface area contributed by atoms with E-state index in [1.807, 2.05) is 0 Å². The number of hydrogen-bond acceptors (Lipinski definition) is 0. The van der Waals surface area contributed by atoms with Crippen LogP contribution >= 0.6 is 0 Å². The first kappa shape index (κ1) is 44.4. The maximum absolute atomic E-state index is 2.50. The van der Waals surface area contributed by atoms with Gasteiger partial charge in [-0.05, 0) is 172 Å². The van der Waals surface area contributed by atoms with Gasteiger partial charge in [-0.2, -0.15) is 0 Å². The van der Waals surface area contributed by atoms with Gasteiger partial charge in [-0.15, -0.1) is 0 Å². The zero-order valence-electron chi connectivity index (χ0n) is 43.6. The van der Waals surface area contributed by atoms with Crippen molar-refractivity contribution in [2.75, 3.05) is 0 Å². The molecule has 0 nitrogen and oxygen atoms in total. The van der Waals surface area contributed by atoms with Crippen molar-refractivity contribution in [3.63, 3.8) is 0 Å². The fraction of sp³-hybridized carbons (Fsp3) is 0.257. The zero-order chi connectivity index (χ0) is 49.0. The minimum atomic E-state index is -0.146. The molecule has 0 fully saturated rings. The van der Waals surface area contributed by atoms with E-state index in [0.717, 1.165) is 0 Å². The lowest BCUT2D eigenvalue weighted by Gasteiger charge is -2.27. The van der Waals surface area contributed by atoms with Gasteiger partial charge in [0.05, 0.1) is 0 Å². The Bertz CT molecular complexity index is 3760. The third-order valence-electron chi connectivity index (χ3n) is 16.7. The van der Waals surface area contributed by atoms with Crippen LogP contribution in [-0.2, 0) is 27.1 Å². The molecule has 0 N–H and O–H groups in total. The van der Waals surface area contributed by atoms with E-state index >= 15 is 0 Å². The Morgan fingerprint density at radius 2 is 0.686 bits per heavy atom. The molecular formula is C70H68. The van der Waals surface area contributed by atoms with Gasteiger partial charge in [0.1, 0.15) is 0 Å². The number of fused-ring (bicyclic) bond motifs is 6. The molecule has 0 bridgehead atoms. The molecule has 2 aliphatic carbocycles. The molecule has 70 heavy (non-hydrogen) atoms. The second kappa shape index (κ2) is 14.9. The first-order valence-corrected chi connectivity index (χ1v) is 25.6. The van der Waals surface area contributed by atoms with Crippen molar-refractivity contribution in [1.29, 1.82) is 0 Å². The van der Waals surface area contributed by atoms with E-state index in [1.165, 1.54) is 138 Å². The fourth-order valence-electron chi connectivity index (χ4n) is 12.3. The van der Waals surface area contributed by atoms with E-state index in [9.17, 15) is 0 Å². The molecule has 0 amide bonds. The summed E-state index contributed by atoms with van der Waals surface area (Å²) in [7, 11) is 0. The highest BCUT2D eigenvalue weighted by atomic mass is 14.4. The Morgan fingerprint density at radius 1 is 0.286 bits per heavy atom. The molecule has 0 spiro atoms. The van der Waals surface area contributed by atoms with Crippen molar-refractivity contribution >= 4 is 32.3 Å². The van der Waals surface area contributed by atoms with Gasteiger partial charge in [-0.3, -0.25) is 0 Å². The average molecular weight is 909 g/mol. The highest BCUT2D eigenvalue weighted by molar-refractivity contribution is 6.25. The molecule has 0 saturated heterocycles. The Hall–Kier alpha value is -6.76. The molecular weight excluding hydrogens is 841 g/mol. The molecule has 0 heteroatoms. The summed E-state index contributed by atoms with van der Waals surface area (Å²) in [5, 5.41) is 8.01. The van der Waals surface area contributed by atoms with Crippen molar-refractivity contribution in [2.45, 2.75) is 117 Å². The van der Waals surface area contributed by atoms with Crippen LogP contribution in [0.2, 0.25) is 0 Å². The van der Waals surface area contributed by atoms with Crippen LogP contribution in [0.5, 0.6) is 0 Å². The SMILES string of the molecule is CC(C)(C)c1ccc2c(c1)C(C)(C)c1cc(C(C)(C)C)cc(-c3ccc(-c4ccc5c(c4)C(C)(C)c4cc(-c6ccc(-c7ccc8ccc9cc(C(C)(C)C)cc%10ccc7c8c9%10)cc6)ccc4-5)cc3)c1-2.[HH]. The van der Waals surface area contributed by atoms with Gasteiger partial charge in [0.25, 0.3) is 0 Å². The van der Waals surface area contributed by atoms with Gasteiger partial charge in [0, 0.05) is 12.3 Å². The van der Waals surface area contributed by atoms with Gasteiger partial charge in [0.15, 0.2) is 0 Å². The number of hydrogen-bond donors (Lipinski definition) is 0. The van der Waals surface area contributed by atoms with Crippen LogP contribution in [0.25, 0.3) is 99.1 Å². The van der Waals surface area contributed by atoms with E-state index in [1.54, 1.807) is 0 Å². The molecule has 10 aromatic rings.